The van der Waals surface area contributed by atoms with Gasteiger partial charge < -0.3 is 20.8 Å². The largest absolute Gasteiger partial charge is 0.394 e. The molecule has 0 fully saturated rings. The van der Waals surface area contributed by atoms with E-state index in [1.54, 1.807) is 21.6 Å². The lowest BCUT2D eigenvalue weighted by Crippen LogP contribution is -2.36. The van der Waals surface area contributed by atoms with Gasteiger partial charge in [0.1, 0.15) is 0 Å². The minimum atomic E-state index is -0.933. The third kappa shape index (κ3) is 27.6. The van der Waals surface area contributed by atoms with Gasteiger partial charge in [-0.2, -0.15) is 0 Å². The number of carbonyl (C=O) groups excluding carboxylic acids is 2. The second kappa shape index (κ2) is 27.2. The van der Waals surface area contributed by atoms with E-state index in [4.69, 9.17) is 5.11 Å². The van der Waals surface area contributed by atoms with E-state index in [0.29, 0.717) is 19.4 Å². The monoisotopic (exact) mass is 592 g/mol. The summed E-state index contributed by atoms with van der Waals surface area (Å²) >= 11 is 0. The average Bonchev–Trinajstić information content (AvgIpc) is 2.92. The highest BCUT2D eigenvalue weighted by Gasteiger charge is 2.23. The summed E-state index contributed by atoms with van der Waals surface area (Å²) < 4.78 is -0.279. The minimum Gasteiger partial charge on any atom is -0.394 e. The number of allylic oxidation sites excluding steroid dienone is 12. The van der Waals surface area contributed by atoms with Crippen LogP contribution >= 0.6 is 21.6 Å². The number of hydrogen-bond acceptors (Lipinski definition) is 6. The van der Waals surface area contributed by atoms with E-state index in [1.807, 2.05) is 13.8 Å². The van der Waals surface area contributed by atoms with Crippen molar-refractivity contribution < 1.29 is 19.8 Å². The third-order valence-corrected chi connectivity index (χ3v) is 8.55. The van der Waals surface area contributed by atoms with Gasteiger partial charge >= 0.3 is 0 Å². The molecule has 0 spiro atoms. The summed E-state index contributed by atoms with van der Waals surface area (Å²) in [6.45, 7) is 6.38. The number of aliphatic hydroxyl groups excluding tert-OH is 2. The fraction of sp³-hybridized carbons (Fsp3) is 0.562. The standard InChI is InChI=1S/C32H52N2O4S2/c1-4-5-6-7-8-9-10-11-12-13-14-15-16-17-18-19-20-21-22-23-30(37)33-24-25-39-40-32(2,3)26-31(38)34-27-29(36)28-35/h5-6,8-9,11-12,14-15,17-18,20-21,29,35-36H,4,7,10,13,16,19,22-28H2,1-3H3,(H,33,37)(H,34,38)/t29-/m1/s1. The summed E-state index contributed by atoms with van der Waals surface area (Å²) in [5, 5.41) is 23.7. The van der Waals surface area contributed by atoms with Crippen LogP contribution in [0.2, 0.25) is 0 Å². The molecule has 0 aromatic carbocycles. The van der Waals surface area contributed by atoms with Crippen molar-refractivity contribution in [3.63, 3.8) is 0 Å². The van der Waals surface area contributed by atoms with Crippen molar-refractivity contribution in [3.8, 4) is 0 Å². The molecule has 4 N–H and O–H groups in total. The predicted molar refractivity (Wildman–Crippen MR) is 175 cm³/mol. The number of nitrogens with one attached hydrogen (secondary N) is 2. The van der Waals surface area contributed by atoms with Gasteiger partial charge in [0.05, 0.1) is 12.7 Å². The summed E-state index contributed by atoms with van der Waals surface area (Å²) in [6.07, 6.45) is 32.5. The van der Waals surface area contributed by atoms with Gasteiger partial charge in [-0.15, -0.1) is 0 Å². The zero-order chi connectivity index (χ0) is 29.7. The van der Waals surface area contributed by atoms with E-state index in [-0.39, 0.29) is 29.7 Å². The van der Waals surface area contributed by atoms with Gasteiger partial charge in [0.25, 0.3) is 0 Å². The van der Waals surface area contributed by atoms with Crippen LogP contribution in [0.5, 0.6) is 0 Å². The molecular formula is C32H52N2O4S2. The molecule has 40 heavy (non-hydrogen) atoms. The Kier molecular flexibility index (Phi) is 25.8. The summed E-state index contributed by atoms with van der Waals surface area (Å²) in [5.74, 6) is 0.643. The molecule has 0 radical (unpaired) electrons. The third-order valence-electron chi connectivity index (χ3n) is 5.26. The fourth-order valence-corrected chi connectivity index (χ4v) is 5.56. The van der Waals surface area contributed by atoms with E-state index >= 15 is 0 Å². The molecule has 0 aliphatic carbocycles. The van der Waals surface area contributed by atoms with E-state index in [9.17, 15) is 14.7 Å². The lowest BCUT2D eigenvalue weighted by atomic mass is 10.1. The SMILES string of the molecule is CCC=CCC=CCC=CCC=CCC=CCC=CCCC(=O)NCCSSC(C)(C)CC(=O)NC[C@@H](O)CO. The molecule has 0 unspecified atom stereocenters. The molecule has 0 aliphatic rings. The molecular weight excluding hydrogens is 540 g/mol. The van der Waals surface area contributed by atoms with Crippen molar-refractivity contribution in [2.24, 2.45) is 0 Å². The highest BCUT2D eigenvalue weighted by Crippen LogP contribution is 2.37. The van der Waals surface area contributed by atoms with Crippen LogP contribution in [0.15, 0.2) is 72.9 Å². The Labute approximate surface area is 251 Å². The van der Waals surface area contributed by atoms with Crippen LogP contribution < -0.4 is 10.6 Å². The first-order valence-electron chi connectivity index (χ1n) is 14.3. The summed E-state index contributed by atoms with van der Waals surface area (Å²) in [6, 6.07) is 0. The molecule has 2 amide bonds. The summed E-state index contributed by atoms with van der Waals surface area (Å²) in [4.78, 5) is 24.0. The van der Waals surface area contributed by atoms with E-state index in [2.05, 4.69) is 90.5 Å². The topological polar surface area (TPSA) is 98.7 Å². The van der Waals surface area contributed by atoms with E-state index in [0.717, 1.165) is 50.7 Å². The number of aliphatic hydroxyl groups is 2. The Morgan fingerprint density at radius 2 is 1.27 bits per heavy atom. The van der Waals surface area contributed by atoms with E-state index in [1.165, 1.54) is 0 Å². The van der Waals surface area contributed by atoms with Gasteiger partial charge in [-0.1, -0.05) is 101 Å². The smallest absolute Gasteiger partial charge is 0.221 e. The minimum absolute atomic E-state index is 0.0474. The lowest BCUT2D eigenvalue weighted by molar-refractivity contribution is -0.122. The van der Waals surface area contributed by atoms with Gasteiger partial charge in [-0.25, -0.2) is 0 Å². The molecule has 226 valence electrons. The molecule has 0 aromatic heterocycles. The normalized spacial score (nSPS) is 13.6. The Morgan fingerprint density at radius 3 is 1.77 bits per heavy atom. The van der Waals surface area contributed by atoms with Crippen LogP contribution in [-0.2, 0) is 9.59 Å². The Balaban J connectivity index is 3.74. The van der Waals surface area contributed by atoms with Crippen LogP contribution in [0.1, 0.15) is 78.6 Å². The zero-order valence-corrected chi connectivity index (χ0v) is 26.4. The van der Waals surface area contributed by atoms with Gasteiger partial charge in [0, 0.05) is 36.4 Å². The number of amides is 2. The first-order valence-corrected chi connectivity index (χ1v) is 16.7. The molecule has 0 bridgehead atoms. The molecule has 6 nitrogen and oxygen atoms in total. The maximum Gasteiger partial charge on any atom is 0.221 e. The van der Waals surface area contributed by atoms with Crippen LogP contribution in [-0.4, -0.2) is 58.3 Å². The number of rotatable bonds is 24. The molecule has 0 saturated heterocycles. The van der Waals surface area contributed by atoms with Crippen molar-refractivity contribution in [2.75, 3.05) is 25.4 Å². The van der Waals surface area contributed by atoms with Gasteiger partial charge in [0.2, 0.25) is 11.8 Å². The quantitative estimate of drug-likeness (QED) is 0.0573. The van der Waals surface area contributed by atoms with Gasteiger partial charge in [-0.3, -0.25) is 9.59 Å². The van der Waals surface area contributed by atoms with E-state index < -0.39 is 6.10 Å². The van der Waals surface area contributed by atoms with Crippen molar-refractivity contribution >= 4 is 33.4 Å². The van der Waals surface area contributed by atoms with Gasteiger partial charge in [-0.05, 0) is 58.8 Å². The average molecular weight is 593 g/mol. The van der Waals surface area contributed by atoms with Crippen LogP contribution in [0.4, 0.5) is 0 Å². The first-order chi connectivity index (χ1) is 19.3. The van der Waals surface area contributed by atoms with Crippen molar-refractivity contribution in [3.05, 3.63) is 72.9 Å². The second-order valence-corrected chi connectivity index (χ2v) is 12.9. The van der Waals surface area contributed by atoms with Crippen LogP contribution in [0, 0.1) is 0 Å². The van der Waals surface area contributed by atoms with Crippen molar-refractivity contribution in [1.82, 2.24) is 10.6 Å². The van der Waals surface area contributed by atoms with Gasteiger partial charge in [0.15, 0.2) is 0 Å². The Hall–Kier alpha value is -2.00. The molecule has 0 rings (SSSR count). The van der Waals surface area contributed by atoms with Crippen LogP contribution in [0.3, 0.4) is 0 Å². The molecule has 0 aliphatic heterocycles. The Bertz CT molecular complexity index is 833. The number of hydrogen-bond donors (Lipinski definition) is 4. The molecule has 1 atom stereocenters. The molecule has 8 heteroatoms. The van der Waals surface area contributed by atoms with Crippen molar-refractivity contribution in [2.45, 2.75) is 89.4 Å². The maximum absolute atomic E-state index is 12.0. The molecule has 0 aromatic rings. The summed E-state index contributed by atoms with van der Waals surface area (Å²) in [5.41, 5.74) is 0. The van der Waals surface area contributed by atoms with Crippen LogP contribution in [0.25, 0.3) is 0 Å². The Morgan fingerprint density at radius 1 is 0.775 bits per heavy atom. The molecule has 0 heterocycles. The zero-order valence-electron chi connectivity index (χ0n) is 24.7. The second-order valence-electron chi connectivity index (χ2n) is 9.79. The fourth-order valence-electron chi connectivity index (χ4n) is 3.15. The number of carbonyl (C=O) groups is 2. The highest BCUT2D eigenvalue weighted by molar-refractivity contribution is 8.77. The molecule has 0 saturated carbocycles. The lowest BCUT2D eigenvalue weighted by Gasteiger charge is -2.22. The maximum atomic E-state index is 12.0. The summed E-state index contributed by atoms with van der Waals surface area (Å²) in [7, 11) is 3.23. The first kappa shape index (κ1) is 38.0. The predicted octanol–water partition coefficient (Wildman–Crippen LogP) is 6.60. The van der Waals surface area contributed by atoms with Crippen molar-refractivity contribution in [1.29, 1.82) is 0 Å². The highest BCUT2D eigenvalue weighted by atomic mass is 33.1.